The average Bonchev–Trinajstić information content (AvgIpc) is 2.37. The lowest BCUT2D eigenvalue weighted by atomic mass is 10.1. The molecule has 0 saturated heterocycles. The van der Waals surface area contributed by atoms with E-state index < -0.39 is 5.97 Å². The first-order chi connectivity index (χ1) is 9.08. The topological polar surface area (TPSA) is 79.3 Å². The highest BCUT2D eigenvalue weighted by Crippen LogP contribution is 2.03. The molecular weight excluding hydrogens is 244 g/mol. The van der Waals surface area contributed by atoms with Crippen molar-refractivity contribution in [3.63, 3.8) is 0 Å². The number of aromatic nitrogens is 1. The molecule has 1 atom stereocenters. The number of nitrogens with zero attached hydrogens (tertiary/aromatic N) is 1. The standard InChI is InChI=1S/C14H20N2O3/c1-11(3-2-4-14(18)19)16-13(17)6-5-12-7-9-15-10-8-12/h7-11H,2-6H2,1H3,(H,16,17)(H,18,19). The number of amides is 1. The van der Waals surface area contributed by atoms with Crippen LogP contribution >= 0.6 is 0 Å². The van der Waals surface area contributed by atoms with Crippen LogP contribution < -0.4 is 5.32 Å². The molecule has 0 saturated carbocycles. The Morgan fingerprint density at radius 3 is 2.63 bits per heavy atom. The summed E-state index contributed by atoms with van der Waals surface area (Å²) in [6.07, 6.45) is 5.97. The molecule has 1 rings (SSSR count). The third kappa shape index (κ3) is 7.18. The molecule has 0 fully saturated rings. The Kier molecular flexibility index (Phi) is 6.57. The van der Waals surface area contributed by atoms with Crippen molar-refractivity contribution in [2.45, 2.75) is 45.1 Å². The molecule has 0 aliphatic carbocycles. The van der Waals surface area contributed by atoms with E-state index in [1.807, 2.05) is 19.1 Å². The molecule has 1 aromatic rings. The SMILES string of the molecule is CC(CCCC(=O)O)NC(=O)CCc1ccncc1. The van der Waals surface area contributed by atoms with E-state index in [9.17, 15) is 9.59 Å². The highest BCUT2D eigenvalue weighted by Gasteiger charge is 2.08. The molecule has 5 nitrogen and oxygen atoms in total. The number of carboxylic acid groups (broad SMARTS) is 1. The minimum Gasteiger partial charge on any atom is -0.481 e. The van der Waals surface area contributed by atoms with Gasteiger partial charge in [-0.3, -0.25) is 14.6 Å². The van der Waals surface area contributed by atoms with Crippen LogP contribution in [0, 0.1) is 0 Å². The zero-order chi connectivity index (χ0) is 14.1. The Labute approximate surface area is 113 Å². The van der Waals surface area contributed by atoms with Crippen molar-refractivity contribution < 1.29 is 14.7 Å². The summed E-state index contributed by atoms with van der Waals surface area (Å²) >= 11 is 0. The van der Waals surface area contributed by atoms with Gasteiger partial charge in [-0.2, -0.15) is 0 Å². The summed E-state index contributed by atoms with van der Waals surface area (Å²) in [5.41, 5.74) is 1.09. The predicted octanol–water partition coefficient (Wildman–Crippen LogP) is 1.77. The van der Waals surface area contributed by atoms with E-state index >= 15 is 0 Å². The van der Waals surface area contributed by atoms with Crippen LogP contribution in [0.2, 0.25) is 0 Å². The second-order valence-electron chi connectivity index (χ2n) is 4.61. The van der Waals surface area contributed by atoms with Gasteiger partial charge in [0.25, 0.3) is 0 Å². The van der Waals surface area contributed by atoms with E-state index in [4.69, 9.17) is 5.11 Å². The van der Waals surface area contributed by atoms with E-state index in [1.54, 1.807) is 12.4 Å². The number of nitrogens with one attached hydrogen (secondary N) is 1. The molecule has 0 aliphatic heterocycles. The summed E-state index contributed by atoms with van der Waals surface area (Å²) in [6.45, 7) is 1.90. The van der Waals surface area contributed by atoms with Crippen molar-refractivity contribution >= 4 is 11.9 Å². The number of hydrogen-bond donors (Lipinski definition) is 2. The zero-order valence-electron chi connectivity index (χ0n) is 11.1. The normalized spacial score (nSPS) is 11.8. The van der Waals surface area contributed by atoms with Crippen LogP contribution in [-0.2, 0) is 16.0 Å². The van der Waals surface area contributed by atoms with Crippen molar-refractivity contribution in [3.05, 3.63) is 30.1 Å². The highest BCUT2D eigenvalue weighted by atomic mass is 16.4. The molecule has 104 valence electrons. The molecule has 1 amide bonds. The Morgan fingerprint density at radius 1 is 1.32 bits per heavy atom. The summed E-state index contributed by atoms with van der Waals surface area (Å²) in [5, 5.41) is 11.4. The molecule has 1 unspecified atom stereocenters. The maximum atomic E-state index is 11.7. The number of hydrogen-bond acceptors (Lipinski definition) is 3. The largest absolute Gasteiger partial charge is 0.481 e. The van der Waals surface area contributed by atoms with Crippen LogP contribution in [-0.4, -0.2) is 28.0 Å². The van der Waals surface area contributed by atoms with Crippen LogP contribution in [0.3, 0.4) is 0 Å². The van der Waals surface area contributed by atoms with Crippen LogP contribution in [0.4, 0.5) is 0 Å². The summed E-state index contributed by atoms with van der Waals surface area (Å²) < 4.78 is 0. The van der Waals surface area contributed by atoms with E-state index in [2.05, 4.69) is 10.3 Å². The summed E-state index contributed by atoms with van der Waals surface area (Å²) in [5.74, 6) is -0.796. The quantitative estimate of drug-likeness (QED) is 0.750. The first-order valence-corrected chi connectivity index (χ1v) is 6.48. The van der Waals surface area contributed by atoms with Gasteiger partial charge in [0.1, 0.15) is 0 Å². The average molecular weight is 264 g/mol. The number of pyridine rings is 1. The second kappa shape index (κ2) is 8.24. The first kappa shape index (κ1) is 15.1. The number of rotatable bonds is 8. The van der Waals surface area contributed by atoms with Crippen molar-refractivity contribution in [2.24, 2.45) is 0 Å². The minimum atomic E-state index is -0.795. The Morgan fingerprint density at radius 2 is 2.00 bits per heavy atom. The molecule has 1 aromatic heterocycles. The van der Waals surface area contributed by atoms with Crippen LogP contribution in [0.1, 0.15) is 38.2 Å². The van der Waals surface area contributed by atoms with Gasteiger partial charge in [-0.1, -0.05) is 0 Å². The molecule has 19 heavy (non-hydrogen) atoms. The smallest absolute Gasteiger partial charge is 0.303 e. The number of carbonyl (C=O) groups is 2. The van der Waals surface area contributed by atoms with Gasteiger partial charge in [0, 0.05) is 31.3 Å². The third-order valence-corrected chi connectivity index (χ3v) is 2.83. The molecule has 2 N–H and O–H groups in total. The van der Waals surface area contributed by atoms with Gasteiger partial charge in [0.15, 0.2) is 0 Å². The lowest BCUT2D eigenvalue weighted by Crippen LogP contribution is -2.32. The highest BCUT2D eigenvalue weighted by molar-refractivity contribution is 5.76. The number of carbonyl (C=O) groups excluding carboxylic acids is 1. The van der Waals surface area contributed by atoms with Gasteiger partial charge in [0.05, 0.1) is 0 Å². The number of aliphatic carboxylic acids is 1. The second-order valence-corrected chi connectivity index (χ2v) is 4.61. The molecule has 0 aromatic carbocycles. The van der Waals surface area contributed by atoms with Crippen LogP contribution in [0.5, 0.6) is 0 Å². The van der Waals surface area contributed by atoms with E-state index in [0.717, 1.165) is 5.56 Å². The van der Waals surface area contributed by atoms with Gasteiger partial charge in [-0.05, 0) is 43.9 Å². The van der Waals surface area contributed by atoms with E-state index in [-0.39, 0.29) is 18.4 Å². The zero-order valence-corrected chi connectivity index (χ0v) is 11.1. The maximum Gasteiger partial charge on any atom is 0.303 e. The summed E-state index contributed by atoms with van der Waals surface area (Å²) in [6, 6.07) is 3.80. The lowest BCUT2D eigenvalue weighted by Gasteiger charge is -2.13. The molecule has 0 aliphatic rings. The van der Waals surface area contributed by atoms with E-state index in [0.29, 0.717) is 25.7 Å². The molecule has 0 spiro atoms. The lowest BCUT2D eigenvalue weighted by molar-refractivity contribution is -0.137. The first-order valence-electron chi connectivity index (χ1n) is 6.48. The van der Waals surface area contributed by atoms with Crippen molar-refractivity contribution in [3.8, 4) is 0 Å². The Balaban J connectivity index is 2.18. The van der Waals surface area contributed by atoms with Gasteiger partial charge in [-0.25, -0.2) is 0 Å². The van der Waals surface area contributed by atoms with Gasteiger partial charge in [0.2, 0.25) is 5.91 Å². The van der Waals surface area contributed by atoms with Crippen molar-refractivity contribution in [1.29, 1.82) is 0 Å². The Bertz CT molecular complexity index is 406. The Hall–Kier alpha value is -1.91. The van der Waals surface area contributed by atoms with Crippen LogP contribution in [0.15, 0.2) is 24.5 Å². The number of aryl methyl sites for hydroxylation is 1. The van der Waals surface area contributed by atoms with Gasteiger partial charge in [-0.15, -0.1) is 0 Å². The molecular formula is C14H20N2O3. The summed E-state index contributed by atoms with van der Waals surface area (Å²) in [7, 11) is 0. The minimum absolute atomic E-state index is 0.000336. The van der Waals surface area contributed by atoms with Crippen LogP contribution in [0.25, 0.3) is 0 Å². The predicted molar refractivity (Wildman–Crippen MR) is 71.6 cm³/mol. The molecule has 0 radical (unpaired) electrons. The maximum absolute atomic E-state index is 11.7. The molecule has 5 heteroatoms. The fourth-order valence-electron chi connectivity index (χ4n) is 1.79. The number of carboxylic acids is 1. The summed E-state index contributed by atoms with van der Waals surface area (Å²) in [4.78, 5) is 26.0. The van der Waals surface area contributed by atoms with E-state index in [1.165, 1.54) is 0 Å². The van der Waals surface area contributed by atoms with Gasteiger partial charge < -0.3 is 10.4 Å². The fourth-order valence-corrected chi connectivity index (χ4v) is 1.79. The monoisotopic (exact) mass is 264 g/mol. The molecule has 0 bridgehead atoms. The van der Waals surface area contributed by atoms with Crippen molar-refractivity contribution in [1.82, 2.24) is 10.3 Å². The van der Waals surface area contributed by atoms with Gasteiger partial charge >= 0.3 is 5.97 Å². The fraction of sp³-hybridized carbons (Fsp3) is 0.500. The molecule has 1 heterocycles. The van der Waals surface area contributed by atoms with Crippen molar-refractivity contribution in [2.75, 3.05) is 0 Å². The third-order valence-electron chi connectivity index (χ3n) is 2.83.